The Morgan fingerprint density at radius 2 is 2.19 bits per heavy atom. The van der Waals surface area contributed by atoms with Crippen molar-refractivity contribution in [1.29, 1.82) is 0 Å². The van der Waals surface area contributed by atoms with Gasteiger partial charge in [0.25, 0.3) is 0 Å². The summed E-state index contributed by atoms with van der Waals surface area (Å²) in [4.78, 5) is 31.7. The Morgan fingerprint density at radius 3 is 2.92 bits per heavy atom. The van der Waals surface area contributed by atoms with Crippen LogP contribution in [0.3, 0.4) is 0 Å². The molecule has 0 saturated heterocycles. The van der Waals surface area contributed by atoms with Gasteiger partial charge >= 0.3 is 12.0 Å². The van der Waals surface area contributed by atoms with Crippen LogP contribution in [0.4, 0.5) is 4.79 Å². The zero-order valence-corrected chi connectivity index (χ0v) is 15.5. The molecule has 3 rings (SSSR count). The van der Waals surface area contributed by atoms with E-state index < -0.39 is 12.0 Å². The van der Waals surface area contributed by atoms with Gasteiger partial charge in [0.1, 0.15) is 5.75 Å². The molecule has 0 bridgehead atoms. The predicted molar refractivity (Wildman–Crippen MR) is 98.2 cm³/mol. The van der Waals surface area contributed by atoms with E-state index in [1.165, 1.54) is 11.8 Å². The fourth-order valence-corrected chi connectivity index (χ4v) is 3.55. The van der Waals surface area contributed by atoms with Crippen LogP contribution in [0.2, 0.25) is 0 Å². The topological polar surface area (TPSA) is 105 Å². The van der Waals surface area contributed by atoms with Crippen molar-refractivity contribution in [3.8, 4) is 5.75 Å². The number of fused-ring (bicyclic) bond motifs is 1. The van der Waals surface area contributed by atoms with E-state index in [1.54, 1.807) is 21.0 Å². The lowest BCUT2D eigenvalue weighted by Crippen LogP contribution is -2.49. The smallest absolute Gasteiger partial charge is 0.337 e. The van der Waals surface area contributed by atoms with Gasteiger partial charge in [-0.2, -0.15) is 0 Å². The van der Waals surface area contributed by atoms with Gasteiger partial charge in [-0.25, -0.2) is 14.6 Å². The zero-order valence-electron chi connectivity index (χ0n) is 14.7. The number of urea groups is 1. The average molecular weight is 376 g/mol. The number of nitrogens with one attached hydrogen (secondary N) is 3. The Morgan fingerprint density at radius 1 is 1.38 bits per heavy atom. The SMILES string of the molecule is CCOC(=O)C1=C(CSc2nc3ccc(OC)cc3[nH]2)NC(=O)N[C@H]1C. The largest absolute Gasteiger partial charge is 0.497 e. The minimum Gasteiger partial charge on any atom is -0.497 e. The number of esters is 1. The number of methoxy groups -OCH3 is 1. The molecule has 1 aromatic heterocycles. The number of carbonyl (C=O) groups is 2. The molecule has 1 atom stereocenters. The van der Waals surface area contributed by atoms with Gasteiger partial charge in [0.05, 0.1) is 36.4 Å². The molecule has 2 amide bonds. The first-order valence-corrected chi connectivity index (χ1v) is 9.14. The highest BCUT2D eigenvalue weighted by atomic mass is 32.2. The number of H-pyrrole nitrogens is 1. The minimum absolute atomic E-state index is 0.273. The molecule has 0 spiro atoms. The highest BCUT2D eigenvalue weighted by Gasteiger charge is 2.29. The van der Waals surface area contributed by atoms with Gasteiger partial charge in [-0.1, -0.05) is 11.8 Å². The van der Waals surface area contributed by atoms with E-state index in [0.717, 1.165) is 16.8 Å². The van der Waals surface area contributed by atoms with Crippen LogP contribution in [0.5, 0.6) is 5.75 Å². The van der Waals surface area contributed by atoms with Crippen LogP contribution >= 0.6 is 11.8 Å². The number of ether oxygens (including phenoxy) is 2. The van der Waals surface area contributed by atoms with Crippen molar-refractivity contribution in [2.75, 3.05) is 19.5 Å². The number of aromatic nitrogens is 2. The molecule has 1 aliphatic heterocycles. The van der Waals surface area contributed by atoms with Crippen LogP contribution in [0.25, 0.3) is 11.0 Å². The molecule has 2 heterocycles. The van der Waals surface area contributed by atoms with E-state index in [1.807, 2.05) is 18.2 Å². The third-order valence-corrected chi connectivity index (χ3v) is 4.79. The highest BCUT2D eigenvalue weighted by molar-refractivity contribution is 7.99. The van der Waals surface area contributed by atoms with Crippen LogP contribution in [-0.2, 0) is 9.53 Å². The maximum absolute atomic E-state index is 12.2. The van der Waals surface area contributed by atoms with Gasteiger partial charge in [0.15, 0.2) is 5.16 Å². The van der Waals surface area contributed by atoms with Crippen LogP contribution in [0.1, 0.15) is 13.8 Å². The second-order valence-electron chi connectivity index (χ2n) is 5.65. The number of imidazole rings is 1. The third-order valence-electron chi connectivity index (χ3n) is 3.89. The van der Waals surface area contributed by atoms with E-state index in [4.69, 9.17) is 9.47 Å². The Hall–Kier alpha value is -2.68. The summed E-state index contributed by atoms with van der Waals surface area (Å²) in [5.41, 5.74) is 2.63. The summed E-state index contributed by atoms with van der Waals surface area (Å²) in [6, 6.07) is 4.82. The maximum Gasteiger partial charge on any atom is 0.337 e. The Kier molecular flexibility index (Phi) is 5.36. The first-order valence-electron chi connectivity index (χ1n) is 8.16. The van der Waals surface area contributed by atoms with Crippen molar-refractivity contribution in [1.82, 2.24) is 20.6 Å². The summed E-state index contributed by atoms with van der Waals surface area (Å²) in [7, 11) is 1.61. The van der Waals surface area contributed by atoms with Crippen LogP contribution in [-0.4, -0.2) is 47.5 Å². The van der Waals surface area contributed by atoms with Gasteiger partial charge in [-0.3, -0.25) is 0 Å². The van der Waals surface area contributed by atoms with E-state index in [0.29, 0.717) is 22.2 Å². The van der Waals surface area contributed by atoms with Crippen molar-refractivity contribution in [2.45, 2.75) is 25.0 Å². The summed E-state index contributed by atoms with van der Waals surface area (Å²) in [6.07, 6.45) is 0. The number of carbonyl (C=O) groups excluding carboxylic acids is 2. The van der Waals surface area contributed by atoms with Crippen molar-refractivity contribution < 1.29 is 19.1 Å². The van der Waals surface area contributed by atoms with Crippen LogP contribution in [0.15, 0.2) is 34.6 Å². The number of rotatable bonds is 6. The Bertz CT molecular complexity index is 877. The van der Waals surface area contributed by atoms with Crippen molar-refractivity contribution in [3.05, 3.63) is 29.5 Å². The second kappa shape index (κ2) is 7.69. The molecule has 0 saturated carbocycles. The summed E-state index contributed by atoms with van der Waals surface area (Å²) >= 11 is 1.39. The van der Waals surface area contributed by atoms with Gasteiger partial charge in [-0.05, 0) is 26.0 Å². The van der Waals surface area contributed by atoms with Crippen LogP contribution < -0.4 is 15.4 Å². The zero-order chi connectivity index (χ0) is 18.7. The standard InChI is InChI=1S/C17H20N4O4S/c1-4-25-15(22)14-9(2)18-16(23)19-13(14)8-26-17-20-11-6-5-10(24-3)7-12(11)21-17/h5-7,9H,4,8H2,1-3H3,(H,20,21)(H2,18,19,23)/t9-/m0/s1. The molecule has 2 aromatic rings. The monoisotopic (exact) mass is 376 g/mol. The normalized spacial score (nSPS) is 17.0. The number of thioether (sulfide) groups is 1. The molecular formula is C17H20N4O4S. The van der Waals surface area contributed by atoms with E-state index in [9.17, 15) is 9.59 Å². The molecule has 1 aromatic carbocycles. The minimum atomic E-state index is -0.433. The molecule has 26 heavy (non-hydrogen) atoms. The van der Waals surface area contributed by atoms with E-state index in [2.05, 4.69) is 20.6 Å². The third kappa shape index (κ3) is 3.77. The van der Waals surface area contributed by atoms with Crippen LogP contribution in [0, 0.1) is 0 Å². The molecule has 0 fully saturated rings. The first-order chi connectivity index (χ1) is 12.5. The van der Waals surface area contributed by atoms with Gasteiger partial charge in [0, 0.05) is 17.5 Å². The molecule has 0 unspecified atom stereocenters. The van der Waals surface area contributed by atoms with E-state index >= 15 is 0 Å². The average Bonchev–Trinajstić information content (AvgIpc) is 3.01. The molecule has 0 radical (unpaired) electrons. The number of amides is 2. The lowest BCUT2D eigenvalue weighted by Gasteiger charge is -2.26. The number of nitrogens with zero attached hydrogens (tertiary/aromatic N) is 1. The summed E-state index contributed by atoms with van der Waals surface area (Å²) in [6.45, 7) is 3.77. The molecule has 8 nitrogen and oxygen atoms in total. The lowest BCUT2D eigenvalue weighted by atomic mass is 10.1. The fourth-order valence-electron chi connectivity index (χ4n) is 2.69. The first kappa shape index (κ1) is 18.1. The van der Waals surface area contributed by atoms with Gasteiger partial charge in [-0.15, -0.1) is 0 Å². The molecule has 138 valence electrons. The Labute approximate surface area is 154 Å². The number of hydrogen-bond donors (Lipinski definition) is 3. The number of hydrogen-bond acceptors (Lipinski definition) is 6. The number of benzene rings is 1. The fraction of sp³-hybridized carbons (Fsp3) is 0.353. The predicted octanol–water partition coefficient (Wildman–Crippen LogP) is 2.18. The maximum atomic E-state index is 12.2. The molecule has 3 N–H and O–H groups in total. The van der Waals surface area contributed by atoms with E-state index in [-0.39, 0.29) is 12.6 Å². The second-order valence-corrected chi connectivity index (χ2v) is 6.61. The van der Waals surface area contributed by atoms with Crippen molar-refractivity contribution in [3.63, 3.8) is 0 Å². The van der Waals surface area contributed by atoms with Crippen molar-refractivity contribution in [2.24, 2.45) is 0 Å². The summed E-state index contributed by atoms with van der Waals surface area (Å²) < 4.78 is 10.3. The Balaban J connectivity index is 1.82. The number of aromatic amines is 1. The molecule has 1 aliphatic rings. The molecule has 0 aliphatic carbocycles. The summed E-state index contributed by atoms with van der Waals surface area (Å²) in [5, 5.41) is 6.06. The van der Waals surface area contributed by atoms with Crippen molar-refractivity contribution >= 4 is 34.8 Å². The highest BCUT2D eigenvalue weighted by Crippen LogP contribution is 2.26. The quantitative estimate of drug-likeness (QED) is 0.527. The lowest BCUT2D eigenvalue weighted by molar-refractivity contribution is -0.138. The van der Waals surface area contributed by atoms with Gasteiger partial charge < -0.3 is 25.1 Å². The summed E-state index contributed by atoms with van der Waals surface area (Å²) in [5.74, 6) is 0.685. The molecular weight excluding hydrogens is 356 g/mol. The molecule has 9 heteroatoms. The van der Waals surface area contributed by atoms with Gasteiger partial charge in [0.2, 0.25) is 0 Å².